The molecule has 0 spiro atoms. The quantitative estimate of drug-likeness (QED) is 0.841. The van der Waals surface area contributed by atoms with Crippen LogP contribution in [0.15, 0.2) is 30.3 Å². The minimum absolute atomic E-state index is 0.353. The fraction of sp³-hybridized carbons (Fsp3) is 0.278. The number of para-hydroxylation sites is 1. The Labute approximate surface area is 144 Å². The van der Waals surface area contributed by atoms with E-state index in [-0.39, 0.29) is 0 Å². The van der Waals surface area contributed by atoms with Gasteiger partial charge in [-0.3, -0.25) is 4.79 Å². The molecular weight excluding hydrogens is 324 g/mol. The van der Waals surface area contributed by atoms with Gasteiger partial charge >= 0.3 is 5.97 Å². The number of aryl methyl sites for hydroxylation is 2. The van der Waals surface area contributed by atoms with Crippen LogP contribution in [0.3, 0.4) is 0 Å². The van der Waals surface area contributed by atoms with E-state index in [1.807, 2.05) is 19.9 Å². The number of amides is 1. The minimum Gasteiger partial charge on any atom is -0.448 e. The third-order valence-corrected chi connectivity index (χ3v) is 4.63. The molecule has 2 rings (SSSR count). The van der Waals surface area contributed by atoms with Crippen LogP contribution in [0.4, 0.5) is 5.69 Å². The molecule has 1 N–H and O–H groups in total. The minimum atomic E-state index is -0.961. The number of anilines is 1. The van der Waals surface area contributed by atoms with Crippen LogP contribution in [0.5, 0.6) is 0 Å². The van der Waals surface area contributed by atoms with Crippen molar-refractivity contribution in [1.29, 1.82) is 5.26 Å². The summed E-state index contributed by atoms with van der Waals surface area (Å²) in [5, 5.41) is 11.6. The molecule has 24 heavy (non-hydrogen) atoms. The Bertz CT molecular complexity index is 805. The Hall–Kier alpha value is -2.65. The summed E-state index contributed by atoms with van der Waals surface area (Å²) in [6.45, 7) is 5.48. The summed E-state index contributed by atoms with van der Waals surface area (Å²) in [5.74, 6) is -0.992. The molecule has 124 valence electrons. The summed E-state index contributed by atoms with van der Waals surface area (Å²) < 4.78 is 5.23. The van der Waals surface area contributed by atoms with Gasteiger partial charge in [0.2, 0.25) is 0 Å². The highest BCUT2D eigenvalue weighted by atomic mass is 32.1. The Morgan fingerprint density at radius 1 is 1.38 bits per heavy atom. The van der Waals surface area contributed by atoms with Gasteiger partial charge < -0.3 is 10.1 Å². The van der Waals surface area contributed by atoms with Crippen LogP contribution in [-0.2, 0) is 16.0 Å². The number of nitriles is 1. The van der Waals surface area contributed by atoms with Crippen molar-refractivity contribution in [2.45, 2.75) is 33.3 Å². The third kappa shape index (κ3) is 4.00. The molecule has 1 amide bonds. The summed E-state index contributed by atoms with van der Waals surface area (Å²) in [7, 11) is 0. The van der Waals surface area contributed by atoms with Gasteiger partial charge in [0, 0.05) is 4.88 Å². The van der Waals surface area contributed by atoms with Crippen molar-refractivity contribution in [2.24, 2.45) is 0 Å². The highest BCUT2D eigenvalue weighted by Crippen LogP contribution is 2.23. The summed E-state index contributed by atoms with van der Waals surface area (Å²) in [6.07, 6.45) is -0.118. The Morgan fingerprint density at radius 2 is 2.08 bits per heavy atom. The summed E-state index contributed by atoms with van der Waals surface area (Å²) in [5.41, 5.74) is 1.85. The SMILES string of the molecule is CCc1cc(C(=O)O[C@@H](C)C(=O)Nc2ccccc2C#N)sc1C. The van der Waals surface area contributed by atoms with Gasteiger partial charge in [0.1, 0.15) is 10.9 Å². The number of hydrogen-bond acceptors (Lipinski definition) is 5. The largest absolute Gasteiger partial charge is 0.448 e. The highest BCUT2D eigenvalue weighted by molar-refractivity contribution is 7.14. The summed E-state index contributed by atoms with van der Waals surface area (Å²) >= 11 is 1.36. The van der Waals surface area contributed by atoms with E-state index in [2.05, 4.69) is 5.32 Å². The second-order valence-electron chi connectivity index (χ2n) is 5.24. The van der Waals surface area contributed by atoms with Gasteiger partial charge in [0.05, 0.1) is 11.3 Å². The maximum absolute atomic E-state index is 12.2. The highest BCUT2D eigenvalue weighted by Gasteiger charge is 2.21. The number of nitrogens with one attached hydrogen (secondary N) is 1. The molecule has 2 aromatic rings. The lowest BCUT2D eigenvalue weighted by Crippen LogP contribution is -2.30. The molecule has 1 atom stereocenters. The second-order valence-corrected chi connectivity index (χ2v) is 6.50. The molecule has 0 radical (unpaired) electrons. The van der Waals surface area contributed by atoms with E-state index in [9.17, 15) is 9.59 Å². The lowest BCUT2D eigenvalue weighted by molar-refractivity contribution is -0.123. The molecule has 0 aliphatic heterocycles. The monoisotopic (exact) mass is 342 g/mol. The van der Waals surface area contributed by atoms with E-state index in [0.717, 1.165) is 16.9 Å². The topological polar surface area (TPSA) is 79.2 Å². The Kier molecular flexibility index (Phi) is 5.72. The van der Waals surface area contributed by atoms with Crippen molar-refractivity contribution in [2.75, 3.05) is 5.32 Å². The number of thiophene rings is 1. The predicted molar refractivity (Wildman–Crippen MR) is 93.1 cm³/mol. The standard InChI is InChI=1S/C18H18N2O3S/c1-4-13-9-16(24-12(13)3)18(22)23-11(2)17(21)20-15-8-6-5-7-14(15)10-19/h5-9,11H,4H2,1-3H3,(H,20,21)/t11-/m0/s1. The first kappa shape index (κ1) is 17.7. The number of rotatable bonds is 5. The van der Waals surface area contributed by atoms with E-state index in [4.69, 9.17) is 10.00 Å². The molecule has 0 unspecified atom stereocenters. The average molecular weight is 342 g/mol. The Balaban J connectivity index is 2.03. The zero-order chi connectivity index (χ0) is 17.7. The molecule has 1 heterocycles. The van der Waals surface area contributed by atoms with Crippen molar-refractivity contribution < 1.29 is 14.3 Å². The number of hydrogen-bond donors (Lipinski definition) is 1. The second kappa shape index (κ2) is 7.75. The summed E-state index contributed by atoms with van der Waals surface area (Å²) in [6, 6.07) is 10.5. The lowest BCUT2D eigenvalue weighted by atomic mass is 10.2. The van der Waals surface area contributed by atoms with Crippen LogP contribution < -0.4 is 5.32 Å². The molecule has 0 saturated heterocycles. The van der Waals surface area contributed by atoms with Gasteiger partial charge in [-0.15, -0.1) is 11.3 Å². The van der Waals surface area contributed by atoms with Crippen molar-refractivity contribution >= 4 is 28.9 Å². The van der Waals surface area contributed by atoms with E-state index in [1.54, 1.807) is 30.3 Å². The average Bonchev–Trinajstić information content (AvgIpc) is 2.96. The van der Waals surface area contributed by atoms with Crippen LogP contribution in [0, 0.1) is 18.3 Å². The molecule has 5 nitrogen and oxygen atoms in total. The van der Waals surface area contributed by atoms with Gasteiger partial charge in [-0.05, 0) is 44.0 Å². The zero-order valence-electron chi connectivity index (χ0n) is 13.8. The Morgan fingerprint density at radius 3 is 2.71 bits per heavy atom. The molecule has 0 saturated carbocycles. The fourth-order valence-electron chi connectivity index (χ4n) is 2.17. The maximum Gasteiger partial charge on any atom is 0.349 e. The number of esters is 1. The van der Waals surface area contributed by atoms with Crippen molar-refractivity contribution in [3.63, 3.8) is 0 Å². The molecule has 0 aliphatic rings. The molecule has 1 aromatic heterocycles. The van der Waals surface area contributed by atoms with Crippen LogP contribution in [0.1, 0.15) is 39.5 Å². The van der Waals surface area contributed by atoms with Gasteiger partial charge in [0.15, 0.2) is 6.10 Å². The van der Waals surface area contributed by atoms with Crippen molar-refractivity contribution in [1.82, 2.24) is 0 Å². The number of nitrogens with zero attached hydrogens (tertiary/aromatic N) is 1. The first-order valence-corrected chi connectivity index (χ1v) is 8.38. The van der Waals surface area contributed by atoms with Crippen molar-refractivity contribution in [3.05, 3.63) is 51.2 Å². The zero-order valence-corrected chi connectivity index (χ0v) is 14.6. The summed E-state index contributed by atoms with van der Waals surface area (Å²) in [4.78, 5) is 25.9. The van der Waals surface area contributed by atoms with Gasteiger partial charge in [-0.25, -0.2) is 4.79 Å². The normalized spacial score (nSPS) is 11.4. The molecule has 0 bridgehead atoms. The molecular formula is C18H18N2O3S. The first-order chi connectivity index (χ1) is 11.5. The van der Waals surface area contributed by atoms with Crippen LogP contribution in [0.25, 0.3) is 0 Å². The molecule has 0 aliphatic carbocycles. The lowest BCUT2D eigenvalue weighted by Gasteiger charge is -2.13. The first-order valence-electron chi connectivity index (χ1n) is 7.56. The van der Waals surface area contributed by atoms with Crippen molar-refractivity contribution in [3.8, 4) is 6.07 Å². The number of ether oxygens (including phenoxy) is 1. The van der Waals surface area contributed by atoms with Crippen LogP contribution >= 0.6 is 11.3 Å². The fourth-order valence-corrected chi connectivity index (χ4v) is 3.16. The predicted octanol–water partition coefficient (Wildman–Crippen LogP) is 3.67. The van der Waals surface area contributed by atoms with Gasteiger partial charge in [0.25, 0.3) is 5.91 Å². The van der Waals surface area contributed by atoms with E-state index in [1.165, 1.54) is 18.3 Å². The molecule has 1 aromatic carbocycles. The number of benzene rings is 1. The van der Waals surface area contributed by atoms with E-state index in [0.29, 0.717) is 16.1 Å². The maximum atomic E-state index is 12.2. The van der Waals surface area contributed by atoms with E-state index >= 15 is 0 Å². The molecule has 6 heteroatoms. The number of carbonyl (C=O) groups excluding carboxylic acids is 2. The molecule has 0 fully saturated rings. The van der Waals surface area contributed by atoms with Gasteiger partial charge in [-0.2, -0.15) is 5.26 Å². The van der Waals surface area contributed by atoms with Gasteiger partial charge in [-0.1, -0.05) is 19.1 Å². The van der Waals surface area contributed by atoms with Crippen LogP contribution in [-0.4, -0.2) is 18.0 Å². The van der Waals surface area contributed by atoms with E-state index < -0.39 is 18.0 Å². The smallest absolute Gasteiger partial charge is 0.349 e. The van der Waals surface area contributed by atoms with Crippen LogP contribution in [0.2, 0.25) is 0 Å². The third-order valence-electron chi connectivity index (χ3n) is 3.56. The number of carbonyl (C=O) groups is 2.